The number of hydrogen-bond donors (Lipinski definition) is 3. The maximum absolute atomic E-state index is 13.5. The number of aliphatic carboxylic acids is 1. The molecule has 232 valence electrons. The lowest BCUT2D eigenvalue weighted by Gasteiger charge is -2.35. The summed E-state index contributed by atoms with van der Waals surface area (Å²) in [5.74, 6) is -1.83. The van der Waals surface area contributed by atoms with Gasteiger partial charge in [-0.2, -0.15) is 0 Å². The van der Waals surface area contributed by atoms with Crippen molar-refractivity contribution in [2.75, 3.05) is 45.9 Å². The Morgan fingerprint density at radius 2 is 1.81 bits per heavy atom. The summed E-state index contributed by atoms with van der Waals surface area (Å²) in [5.41, 5.74) is 1.33. The maximum atomic E-state index is 13.5. The predicted octanol–water partition coefficient (Wildman–Crippen LogP) is 1.30. The number of β-amino-alcohol motifs (C(OH)–C–C–N with tert-alkyl or cyclic N) is 1. The van der Waals surface area contributed by atoms with E-state index in [0.29, 0.717) is 30.2 Å². The summed E-state index contributed by atoms with van der Waals surface area (Å²) >= 11 is 0. The zero-order chi connectivity index (χ0) is 30.8. The third-order valence-corrected chi connectivity index (χ3v) is 7.18. The number of aromatic nitrogens is 2. The first-order valence-corrected chi connectivity index (χ1v) is 14.5. The number of carbonyl (C=O) groups is 4. The molecule has 43 heavy (non-hydrogen) atoms. The zero-order valence-electron chi connectivity index (χ0n) is 24.2. The number of nitrogens with one attached hydrogen (secondary N) is 1. The lowest BCUT2D eigenvalue weighted by atomic mass is 10.1. The average molecular weight is 599 g/mol. The Labute approximate surface area is 249 Å². The van der Waals surface area contributed by atoms with E-state index in [9.17, 15) is 29.4 Å². The van der Waals surface area contributed by atoms with Crippen LogP contribution in [0, 0.1) is 0 Å². The number of amides is 2. The van der Waals surface area contributed by atoms with Crippen LogP contribution < -0.4 is 5.32 Å². The molecule has 0 bridgehead atoms. The molecule has 2 fully saturated rings. The molecule has 14 heteroatoms. The largest absolute Gasteiger partial charge is 0.527 e. The van der Waals surface area contributed by atoms with Crippen molar-refractivity contribution in [2.24, 2.45) is 0 Å². The maximum Gasteiger partial charge on any atom is 0.527 e. The number of piperidine rings is 1. The van der Waals surface area contributed by atoms with Gasteiger partial charge in [-0.1, -0.05) is 30.3 Å². The number of rotatable bonds is 11. The molecule has 1 unspecified atom stereocenters. The molecule has 1 aromatic heterocycles. The number of benzene rings is 1. The van der Waals surface area contributed by atoms with Crippen LogP contribution in [0.15, 0.2) is 36.4 Å². The van der Waals surface area contributed by atoms with Gasteiger partial charge in [0.15, 0.2) is 5.82 Å². The predicted molar refractivity (Wildman–Crippen MR) is 152 cm³/mol. The number of ether oxygens (including phenoxy) is 1. The van der Waals surface area contributed by atoms with E-state index < -0.39 is 36.1 Å². The van der Waals surface area contributed by atoms with E-state index in [-0.39, 0.29) is 51.3 Å². The minimum Gasteiger partial charge on any atom is -0.481 e. The molecule has 1 aromatic carbocycles. The Morgan fingerprint density at radius 1 is 1.07 bits per heavy atom. The fourth-order valence-corrected chi connectivity index (χ4v) is 5.04. The highest BCUT2D eigenvalue weighted by atomic mass is 16.8. The molecular formula is C29H38N6O8. The summed E-state index contributed by atoms with van der Waals surface area (Å²) in [4.78, 5) is 67.8. The fourth-order valence-electron chi connectivity index (χ4n) is 5.04. The lowest BCUT2D eigenvalue weighted by molar-refractivity contribution is -0.157. The van der Waals surface area contributed by atoms with Gasteiger partial charge in [-0.25, -0.2) is 14.8 Å². The van der Waals surface area contributed by atoms with Crippen LogP contribution in [0.1, 0.15) is 48.8 Å². The minimum absolute atomic E-state index is 0.0437. The van der Waals surface area contributed by atoms with Gasteiger partial charge in [-0.05, 0) is 38.8 Å². The molecule has 2 aliphatic rings. The molecule has 2 atom stereocenters. The van der Waals surface area contributed by atoms with Crippen molar-refractivity contribution in [1.29, 1.82) is 0 Å². The highest BCUT2D eigenvalue weighted by molar-refractivity contribution is 5.96. The van der Waals surface area contributed by atoms with E-state index in [1.165, 1.54) is 9.96 Å². The number of carboxylic acid groups (broad SMARTS) is 1. The van der Waals surface area contributed by atoms with Crippen LogP contribution in [-0.2, 0) is 25.7 Å². The van der Waals surface area contributed by atoms with Gasteiger partial charge in [-0.3, -0.25) is 19.3 Å². The minimum atomic E-state index is -1.11. The smallest absolute Gasteiger partial charge is 0.481 e. The van der Waals surface area contributed by atoms with Crippen molar-refractivity contribution < 1.29 is 39.0 Å². The average Bonchev–Trinajstić information content (AvgIpc) is 2.99. The van der Waals surface area contributed by atoms with E-state index >= 15 is 0 Å². The quantitative estimate of drug-likeness (QED) is 0.317. The molecule has 2 amide bonds. The number of aliphatic hydroxyl groups is 1. The SMILES string of the molecule is CCOC(=O)ON1CCN(C(=O)C(CCC(=O)O)NC(=O)c2cc(CN3CCC[C@H](O)C3)nc(-c3ccccc3)n2)CC1. The number of hydrogen-bond acceptors (Lipinski definition) is 11. The van der Waals surface area contributed by atoms with Gasteiger partial charge in [0.05, 0.1) is 31.5 Å². The Hall–Kier alpha value is -4.14. The number of carboxylic acids is 1. The number of piperazine rings is 1. The first-order chi connectivity index (χ1) is 20.7. The molecular weight excluding hydrogens is 560 g/mol. The van der Waals surface area contributed by atoms with Crippen molar-refractivity contribution in [3.63, 3.8) is 0 Å². The monoisotopic (exact) mass is 598 g/mol. The molecule has 3 heterocycles. The summed E-state index contributed by atoms with van der Waals surface area (Å²) in [6.45, 7) is 4.38. The number of aliphatic hydroxyl groups excluding tert-OH is 1. The lowest BCUT2D eigenvalue weighted by Crippen LogP contribution is -2.55. The van der Waals surface area contributed by atoms with Crippen LogP contribution in [0.5, 0.6) is 0 Å². The van der Waals surface area contributed by atoms with Crippen LogP contribution >= 0.6 is 0 Å². The first kappa shape index (κ1) is 31.8. The molecule has 2 aliphatic heterocycles. The van der Waals surface area contributed by atoms with E-state index in [2.05, 4.69) is 20.2 Å². The second kappa shape index (κ2) is 15.4. The Morgan fingerprint density at radius 3 is 2.49 bits per heavy atom. The number of likely N-dealkylation sites (tertiary alicyclic amines) is 1. The number of hydroxylamine groups is 2. The van der Waals surface area contributed by atoms with Crippen molar-refractivity contribution >= 4 is 23.9 Å². The highest BCUT2D eigenvalue weighted by Crippen LogP contribution is 2.19. The Balaban J connectivity index is 1.50. The van der Waals surface area contributed by atoms with Gasteiger partial charge in [0.25, 0.3) is 5.91 Å². The number of carbonyl (C=O) groups excluding carboxylic acids is 3. The van der Waals surface area contributed by atoms with Gasteiger partial charge in [0.1, 0.15) is 11.7 Å². The normalized spacial score (nSPS) is 18.5. The van der Waals surface area contributed by atoms with Crippen LogP contribution in [0.4, 0.5) is 4.79 Å². The molecule has 4 rings (SSSR count). The molecule has 3 N–H and O–H groups in total. The zero-order valence-corrected chi connectivity index (χ0v) is 24.2. The summed E-state index contributed by atoms with van der Waals surface area (Å²) < 4.78 is 4.78. The topological polar surface area (TPSA) is 175 Å². The second-order valence-corrected chi connectivity index (χ2v) is 10.5. The Bertz CT molecular complexity index is 1270. The van der Waals surface area contributed by atoms with Gasteiger partial charge in [0, 0.05) is 38.2 Å². The third-order valence-electron chi connectivity index (χ3n) is 7.18. The highest BCUT2D eigenvalue weighted by Gasteiger charge is 2.31. The first-order valence-electron chi connectivity index (χ1n) is 14.5. The summed E-state index contributed by atoms with van der Waals surface area (Å²) in [6.07, 6.45) is -0.112. The van der Waals surface area contributed by atoms with E-state index in [0.717, 1.165) is 19.4 Å². The van der Waals surface area contributed by atoms with Crippen LogP contribution in [-0.4, -0.2) is 117 Å². The van der Waals surface area contributed by atoms with Crippen molar-refractivity contribution in [2.45, 2.75) is 51.3 Å². The van der Waals surface area contributed by atoms with Crippen molar-refractivity contribution in [3.05, 3.63) is 47.8 Å². The Kier molecular flexibility index (Phi) is 11.4. The van der Waals surface area contributed by atoms with Gasteiger partial charge in [0.2, 0.25) is 5.91 Å². The van der Waals surface area contributed by atoms with Crippen molar-refractivity contribution in [3.8, 4) is 11.4 Å². The van der Waals surface area contributed by atoms with E-state index in [4.69, 9.17) is 9.57 Å². The van der Waals surface area contributed by atoms with Crippen molar-refractivity contribution in [1.82, 2.24) is 30.1 Å². The van der Waals surface area contributed by atoms with Crippen LogP contribution in [0.2, 0.25) is 0 Å². The molecule has 0 aliphatic carbocycles. The van der Waals surface area contributed by atoms with Crippen LogP contribution in [0.25, 0.3) is 11.4 Å². The molecule has 2 aromatic rings. The molecule has 0 saturated carbocycles. The van der Waals surface area contributed by atoms with Gasteiger partial charge in [-0.15, -0.1) is 5.06 Å². The van der Waals surface area contributed by atoms with E-state index in [1.54, 1.807) is 13.0 Å². The summed E-state index contributed by atoms with van der Waals surface area (Å²) in [5, 5.41) is 23.5. The third kappa shape index (κ3) is 9.43. The van der Waals surface area contributed by atoms with Crippen LogP contribution in [0.3, 0.4) is 0 Å². The van der Waals surface area contributed by atoms with E-state index in [1.807, 2.05) is 30.3 Å². The second-order valence-electron chi connectivity index (χ2n) is 10.5. The molecule has 0 spiro atoms. The molecule has 2 saturated heterocycles. The molecule has 14 nitrogen and oxygen atoms in total. The summed E-state index contributed by atoms with van der Waals surface area (Å²) in [6, 6.07) is 9.64. The fraction of sp³-hybridized carbons (Fsp3) is 0.517. The number of nitrogens with zero attached hydrogens (tertiary/aromatic N) is 5. The van der Waals surface area contributed by atoms with Gasteiger partial charge >= 0.3 is 12.1 Å². The summed E-state index contributed by atoms with van der Waals surface area (Å²) in [7, 11) is 0. The standard InChI is InChI=1S/C29H38N6O8/c1-2-42-29(41)43-35-15-13-34(14-16-35)28(40)23(10-11-25(37)38)32-27(39)24-17-21(18-33-12-6-9-22(36)19-33)30-26(31-24)20-7-4-3-5-8-20/h3-5,7-8,17,22-23,36H,2,6,9-16,18-19H2,1H3,(H,32,39)(H,37,38)/t22-,23?/m0/s1. The van der Waals surface area contributed by atoms with Gasteiger partial charge < -0.3 is 30.0 Å². The molecule has 0 radical (unpaired) electrons.